The summed E-state index contributed by atoms with van der Waals surface area (Å²) in [6, 6.07) is 7.42. The molecule has 3 rings (SSSR count). The number of piperidine rings is 1. The number of likely N-dealkylation sites (tertiary alicyclic amines) is 2. The first kappa shape index (κ1) is 16.6. The molecular weight excluding hydrogens is 306 g/mol. The average molecular weight is 331 g/mol. The molecule has 0 unspecified atom stereocenters. The number of ether oxygens (including phenoxy) is 1. The van der Waals surface area contributed by atoms with E-state index in [1.165, 1.54) is 0 Å². The molecule has 0 spiro atoms. The van der Waals surface area contributed by atoms with Crippen LogP contribution in [0.15, 0.2) is 24.3 Å². The first-order valence-corrected chi connectivity index (χ1v) is 8.66. The van der Waals surface area contributed by atoms with Crippen LogP contribution in [0.1, 0.15) is 25.7 Å². The van der Waals surface area contributed by atoms with Gasteiger partial charge in [0, 0.05) is 37.9 Å². The van der Waals surface area contributed by atoms with Gasteiger partial charge in [0.15, 0.2) is 0 Å². The maximum absolute atomic E-state index is 12.6. The lowest BCUT2D eigenvalue weighted by molar-refractivity contribution is -0.121. The van der Waals surface area contributed by atoms with Gasteiger partial charge in [0.1, 0.15) is 5.75 Å². The van der Waals surface area contributed by atoms with Crippen LogP contribution < -0.4 is 10.1 Å². The van der Waals surface area contributed by atoms with Crippen LogP contribution >= 0.6 is 0 Å². The number of carbonyl (C=O) groups is 2. The van der Waals surface area contributed by atoms with Crippen LogP contribution in [0.2, 0.25) is 0 Å². The van der Waals surface area contributed by atoms with Crippen molar-refractivity contribution in [3.05, 3.63) is 24.3 Å². The highest BCUT2D eigenvalue weighted by molar-refractivity contribution is 5.93. The van der Waals surface area contributed by atoms with Crippen LogP contribution in [-0.4, -0.2) is 55.0 Å². The molecule has 0 radical (unpaired) electrons. The van der Waals surface area contributed by atoms with Gasteiger partial charge in [-0.25, -0.2) is 4.79 Å². The van der Waals surface area contributed by atoms with Crippen LogP contribution in [0.3, 0.4) is 0 Å². The summed E-state index contributed by atoms with van der Waals surface area (Å²) in [5, 5.41) is 2.94. The Morgan fingerprint density at radius 2 is 1.88 bits per heavy atom. The van der Waals surface area contributed by atoms with E-state index in [9.17, 15) is 9.59 Å². The third-order valence-corrected chi connectivity index (χ3v) is 4.78. The first-order chi connectivity index (χ1) is 11.7. The van der Waals surface area contributed by atoms with Crippen molar-refractivity contribution in [2.45, 2.75) is 25.7 Å². The lowest BCUT2D eigenvalue weighted by Gasteiger charge is -2.34. The Morgan fingerprint density at radius 1 is 1.12 bits per heavy atom. The van der Waals surface area contributed by atoms with E-state index in [4.69, 9.17) is 4.74 Å². The minimum absolute atomic E-state index is 0.0258. The van der Waals surface area contributed by atoms with Gasteiger partial charge in [-0.2, -0.15) is 0 Å². The Hall–Kier alpha value is -2.24. The Balaban J connectivity index is 1.59. The van der Waals surface area contributed by atoms with E-state index in [2.05, 4.69) is 5.32 Å². The van der Waals surface area contributed by atoms with Gasteiger partial charge in [-0.1, -0.05) is 6.07 Å². The highest BCUT2D eigenvalue weighted by atomic mass is 16.5. The average Bonchev–Trinajstić information content (AvgIpc) is 3.16. The molecule has 2 fully saturated rings. The predicted molar refractivity (Wildman–Crippen MR) is 92.1 cm³/mol. The molecule has 2 aliphatic heterocycles. The monoisotopic (exact) mass is 331 g/mol. The number of hydrogen-bond donors (Lipinski definition) is 1. The summed E-state index contributed by atoms with van der Waals surface area (Å²) in [5.41, 5.74) is 0.724. The molecule has 2 aliphatic rings. The largest absolute Gasteiger partial charge is 0.497 e. The number of rotatable bonds is 3. The Morgan fingerprint density at radius 3 is 2.62 bits per heavy atom. The minimum Gasteiger partial charge on any atom is -0.497 e. The van der Waals surface area contributed by atoms with Gasteiger partial charge >= 0.3 is 6.03 Å². The summed E-state index contributed by atoms with van der Waals surface area (Å²) in [6.45, 7) is 2.94. The van der Waals surface area contributed by atoms with Crippen molar-refractivity contribution < 1.29 is 14.3 Å². The SMILES string of the molecule is COc1cccc(NC(=O)[C@@H]2CCCN(C(=O)N3CCCC3)C2)c1. The number of benzene rings is 1. The lowest BCUT2D eigenvalue weighted by Crippen LogP contribution is -2.48. The van der Waals surface area contributed by atoms with Gasteiger partial charge in [-0.3, -0.25) is 4.79 Å². The molecular formula is C18H25N3O3. The highest BCUT2D eigenvalue weighted by Crippen LogP contribution is 2.22. The van der Waals surface area contributed by atoms with E-state index in [0.717, 1.165) is 51.0 Å². The number of nitrogens with one attached hydrogen (secondary N) is 1. The molecule has 6 nitrogen and oxygen atoms in total. The molecule has 6 heteroatoms. The van der Waals surface area contributed by atoms with E-state index < -0.39 is 0 Å². The summed E-state index contributed by atoms with van der Waals surface area (Å²) >= 11 is 0. The second-order valence-electron chi connectivity index (χ2n) is 6.48. The molecule has 1 N–H and O–H groups in total. The third-order valence-electron chi connectivity index (χ3n) is 4.78. The lowest BCUT2D eigenvalue weighted by atomic mass is 9.97. The fourth-order valence-electron chi connectivity index (χ4n) is 3.42. The van der Waals surface area contributed by atoms with Crippen LogP contribution in [0, 0.1) is 5.92 Å². The van der Waals surface area contributed by atoms with Crippen molar-refractivity contribution in [2.75, 3.05) is 38.6 Å². The zero-order chi connectivity index (χ0) is 16.9. The van der Waals surface area contributed by atoms with Gasteiger partial charge in [-0.15, -0.1) is 0 Å². The molecule has 0 bridgehead atoms. The summed E-state index contributed by atoms with van der Waals surface area (Å²) in [5.74, 6) is 0.529. The minimum atomic E-state index is -0.156. The fraction of sp³-hybridized carbons (Fsp3) is 0.556. The summed E-state index contributed by atoms with van der Waals surface area (Å²) < 4.78 is 5.18. The number of urea groups is 1. The Bertz CT molecular complexity index is 599. The van der Waals surface area contributed by atoms with Crippen LogP contribution in [0.4, 0.5) is 10.5 Å². The maximum Gasteiger partial charge on any atom is 0.320 e. The second kappa shape index (κ2) is 7.55. The molecule has 0 aliphatic carbocycles. The van der Waals surface area contributed by atoms with Gasteiger partial charge in [0.05, 0.1) is 13.0 Å². The predicted octanol–water partition coefficient (Wildman–Crippen LogP) is 2.56. The van der Waals surface area contributed by atoms with Gasteiger partial charge < -0.3 is 19.9 Å². The number of anilines is 1. The van der Waals surface area contributed by atoms with Crippen LogP contribution in [0.5, 0.6) is 5.75 Å². The number of amides is 3. The molecule has 2 saturated heterocycles. The van der Waals surface area contributed by atoms with Crippen molar-refractivity contribution in [1.82, 2.24) is 9.80 Å². The number of nitrogens with zero attached hydrogens (tertiary/aromatic N) is 2. The van der Waals surface area contributed by atoms with E-state index in [-0.39, 0.29) is 17.9 Å². The second-order valence-corrected chi connectivity index (χ2v) is 6.48. The zero-order valence-electron chi connectivity index (χ0n) is 14.2. The standard InChI is InChI=1S/C18H25N3O3/c1-24-16-8-4-7-15(12-16)19-17(22)14-6-5-11-21(13-14)18(23)20-9-2-3-10-20/h4,7-8,12,14H,2-3,5-6,9-11,13H2,1H3,(H,19,22)/t14-/m1/s1. The smallest absolute Gasteiger partial charge is 0.320 e. The molecule has 0 aromatic heterocycles. The van der Waals surface area contributed by atoms with Crippen molar-refractivity contribution in [3.8, 4) is 5.75 Å². The fourth-order valence-corrected chi connectivity index (χ4v) is 3.42. The van der Waals surface area contributed by atoms with Gasteiger partial charge in [-0.05, 0) is 37.8 Å². The zero-order valence-corrected chi connectivity index (χ0v) is 14.2. The molecule has 3 amide bonds. The topological polar surface area (TPSA) is 61.9 Å². The number of hydrogen-bond acceptors (Lipinski definition) is 3. The normalized spacial score (nSPS) is 20.8. The van der Waals surface area contributed by atoms with E-state index in [1.807, 2.05) is 28.0 Å². The molecule has 0 saturated carbocycles. The van der Waals surface area contributed by atoms with Crippen molar-refractivity contribution in [1.29, 1.82) is 0 Å². The summed E-state index contributed by atoms with van der Waals surface area (Å²) in [7, 11) is 1.60. The highest BCUT2D eigenvalue weighted by Gasteiger charge is 2.31. The number of carbonyl (C=O) groups excluding carboxylic acids is 2. The maximum atomic E-state index is 12.6. The molecule has 1 aromatic carbocycles. The molecule has 2 heterocycles. The summed E-state index contributed by atoms with van der Waals surface area (Å²) in [6.07, 6.45) is 3.86. The summed E-state index contributed by atoms with van der Waals surface area (Å²) in [4.78, 5) is 28.8. The molecule has 1 aromatic rings. The third kappa shape index (κ3) is 3.80. The molecule has 130 valence electrons. The van der Waals surface area contributed by atoms with Crippen LogP contribution in [-0.2, 0) is 4.79 Å². The van der Waals surface area contributed by atoms with Crippen molar-refractivity contribution >= 4 is 17.6 Å². The quantitative estimate of drug-likeness (QED) is 0.926. The van der Waals surface area contributed by atoms with Crippen molar-refractivity contribution in [2.24, 2.45) is 5.92 Å². The molecule has 1 atom stereocenters. The van der Waals surface area contributed by atoms with E-state index in [1.54, 1.807) is 13.2 Å². The van der Waals surface area contributed by atoms with Crippen molar-refractivity contribution in [3.63, 3.8) is 0 Å². The van der Waals surface area contributed by atoms with Gasteiger partial charge in [0.2, 0.25) is 5.91 Å². The van der Waals surface area contributed by atoms with E-state index >= 15 is 0 Å². The Labute approximate surface area is 142 Å². The van der Waals surface area contributed by atoms with E-state index in [0.29, 0.717) is 12.3 Å². The van der Waals surface area contributed by atoms with Gasteiger partial charge in [0.25, 0.3) is 0 Å². The Kier molecular flexibility index (Phi) is 5.23. The van der Waals surface area contributed by atoms with Crippen LogP contribution in [0.25, 0.3) is 0 Å². The number of methoxy groups -OCH3 is 1. The first-order valence-electron chi connectivity index (χ1n) is 8.66. The molecule has 24 heavy (non-hydrogen) atoms.